The number of ether oxygens (including phenoxy) is 16. The van der Waals surface area contributed by atoms with Crippen LogP contribution in [0.3, 0.4) is 0 Å². The first-order chi connectivity index (χ1) is 44.5. The Labute approximate surface area is 546 Å². The number of carboxylic acid groups (broad SMARTS) is 2. The molecular formula is C38H55O48S7-9. The van der Waals surface area contributed by atoms with Gasteiger partial charge in [0.25, 0.3) is 0 Å². The smallest absolute Gasteiger partial charge is 0.217 e. The molecule has 5 heterocycles. The van der Waals surface area contributed by atoms with Gasteiger partial charge < -0.3 is 131 Å². The Balaban J connectivity index is 1.57. The molecule has 0 amide bonds. The van der Waals surface area contributed by atoms with Crippen LogP contribution in [0.1, 0.15) is 6.92 Å². The third-order valence-corrected chi connectivity index (χ3v) is 16.4. The van der Waals surface area contributed by atoms with E-state index in [-0.39, 0.29) is 61.6 Å². The van der Waals surface area contributed by atoms with Crippen molar-refractivity contribution in [2.45, 2.75) is 154 Å². The number of hydrogen-bond donors (Lipinski definition) is 0. The van der Waals surface area contributed by atoms with E-state index in [2.05, 4.69) is 55.2 Å². The first-order valence-corrected chi connectivity index (χ1v) is 31.1. The highest BCUT2D eigenvalue weighted by Gasteiger charge is 2.60. The Bertz CT molecular complexity index is 2370. The van der Waals surface area contributed by atoms with E-state index in [0.29, 0.717) is 0 Å². The predicted octanol–water partition coefficient (Wildman–Crippen LogP) is -10.5. The lowest BCUT2D eigenvalue weighted by atomic mass is 9.90. The fraction of sp³-hybridized carbons (Fsp3) is 0.947. The van der Waals surface area contributed by atoms with Crippen LogP contribution in [0.5, 0.6) is 0 Å². The lowest BCUT2D eigenvalue weighted by molar-refractivity contribution is -0.778. The number of aliphatic carboxylic acids is 2. The molecule has 5 saturated heterocycles. The normalized spacial score (nSPS) is 37.0. The van der Waals surface area contributed by atoms with Crippen molar-refractivity contribution in [3.05, 3.63) is 0 Å². The van der Waals surface area contributed by atoms with Crippen molar-refractivity contribution in [3.63, 3.8) is 0 Å². The van der Waals surface area contributed by atoms with Crippen LogP contribution in [0.25, 0.3) is 0 Å². The maximum Gasteiger partial charge on any atom is 0.217 e. The van der Waals surface area contributed by atoms with Crippen LogP contribution in [-0.2, 0) is 182 Å². The van der Waals surface area contributed by atoms with E-state index in [4.69, 9.17) is 96.7 Å². The molecule has 0 aromatic carbocycles. The monoisotopic (exact) mass is 1500 g/mol. The van der Waals surface area contributed by atoms with Gasteiger partial charge in [-0.05, 0) is 0 Å². The van der Waals surface area contributed by atoms with Crippen molar-refractivity contribution in [2.24, 2.45) is 5.92 Å². The first kappa shape index (κ1) is 82.7. The van der Waals surface area contributed by atoms with E-state index in [1.54, 1.807) is 0 Å². The molecule has 0 aromatic heterocycles. The fourth-order valence-corrected chi connectivity index (χ4v) is 12.2. The van der Waals surface area contributed by atoms with Gasteiger partial charge in [0, 0.05) is 55.7 Å². The summed E-state index contributed by atoms with van der Waals surface area (Å²) in [5.41, 5.74) is 0. The molecule has 0 aromatic rings. The van der Waals surface area contributed by atoms with Crippen LogP contribution in [0.15, 0.2) is 0 Å². The third-order valence-electron chi connectivity index (χ3n) is 13.6. The third kappa shape index (κ3) is 23.5. The summed E-state index contributed by atoms with van der Waals surface area (Å²) in [6.45, 7) is -1.63. The number of rotatable bonds is 44. The zero-order chi connectivity index (χ0) is 68.6. The maximum absolute atomic E-state index is 13.4. The van der Waals surface area contributed by atoms with Crippen LogP contribution in [-0.4, -0.2) is 255 Å². The van der Waals surface area contributed by atoms with Gasteiger partial charge in [0.15, 0.2) is 105 Å². The molecule has 5 fully saturated rings. The van der Waals surface area contributed by atoms with Gasteiger partial charge >= 0.3 is 0 Å². The average molecular weight is 1500 g/mol. The Hall–Kier alpha value is -1.01. The molecule has 0 bridgehead atoms. The highest BCUT2D eigenvalue weighted by molar-refractivity contribution is 7.90. The molecule has 5 aliphatic heterocycles. The summed E-state index contributed by atoms with van der Waals surface area (Å²) in [5, 5.41) is 97.6. The first-order valence-electron chi connectivity index (χ1n) is 25.1. The van der Waals surface area contributed by atoms with Crippen molar-refractivity contribution < 1.29 is 224 Å². The van der Waals surface area contributed by atoms with Crippen molar-refractivity contribution >= 4 is 94.4 Å². The zero-order valence-corrected chi connectivity index (χ0v) is 53.7. The second-order valence-corrected chi connectivity index (χ2v) is 22.7. The van der Waals surface area contributed by atoms with Crippen molar-refractivity contribution in [1.29, 1.82) is 0 Å². The van der Waals surface area contributed by atoms with Gasteiger partial charge in [-0.15, -0.1) is 21.7 Å². The molecule has 10 unspecified atom stereocenters. The summed E-state index contributed by atoms with van der Waals surface area (Å²) in [4.78, 5) is 26.5. The number of carbonyl (C=O) groups is 2. The van der Waals surface area contributed by atoms with E-state index in [1.165, 1.54) is 21.1 Å². The van der Waals surface area contributed by atoms with Gasteiger partial charge in [-0.3, -0.25) is 54.5 Å². The minimum atomic E-state index is -5.80. The average Bonchev–Trinajstić information content (AvgIpc) is 0.771. The number of carbonyl (C=O) groups excluding carboxylic acids is 2. The molecule has 0 radical (unpaired) electrons. The Morgan fingerprint density at radius 1 is 0.366 bits per heavy atom. The molecule has 5 aliphatic rings. The van der Waals surface area contributed by atoms with Gasteiger partial charge in [-0.1, -0.05) is 6.92 Å². The molecule has 5 rings (SSSR count). The van der Waals surface area contributed by atoms with Gasteiger partial charge in [0.2, 0.25) is 20.8 Å². The highest BCUT2D eigenvalue weighted by atomic mass is 32.3. The summed E-state index contributed by atoms with van der Waals surface area (Å²) in [7, 11) is -3.71. The minimum Gasteiger partial charge on any atom is -0.726 e. The Kier molecular flexibility index (Phi) is 37.0. The second kappa shape index (κ2) is 41.7. The van der Waals surface area contributed by atoms with Crippen LogP contribution in [0.2, 0.25) is 0 Å². The Morgan fingerprint density at radius 2 is 0.677 bits per heavy atom. The van der Waals surface area contributed by atoms with Crippen molar-refractivity contribution in [2.75, 3.05) is 69.6 Å². The largest absolute Gasteiger partial charge is 0.726 e. The summed E-state index contributed by atoms with van der Waals surface area (Å²) < 4.78 is 222. The van der Waals surface area contributed by atoms with Gasteiger partial charge in [0.1, 0.15) is 91.6 Å². The van der Waals surface area contributed by atoms with E-state index in [0.717, 1.165) is 35.5 Å². The van der Waals surface area contributed by atoms with E-state index in [1.807, 2.05) is 0 Å². The molecule has 48 nitrogen and oxygen atoms in total. The predicted molar refractivity (Wildman–Crippen MR) is 259 cm³/mol. The zero-order valence-electron chi connectivity index (χ0n) is 48.0. The maximum atomic E-state index is 13.4. The molecule has 55 heteroatoms. The molecule has 0 aliphatic carbocycles. The van der Waals surface area contributed by atoms with E-state index in [9.17, 15) is 72.0 Å². The summed E-state index contributed by atoms with van der Waals surface area (Å²) in [5.74, 6) is -5.10. The lowest BCUT2D eigenvalue weighted by Gasteiger charge is -2.52. The molecule has 0 N–H and O–H groups in total. The molecule has 25 atom stereocenters. The van der Waals surface area contributed by atoms with Crippen LogP contribution in [0.4, 0.5) is 0 Å². The number of hydrogen-bond acceptors (Lipinski definition) is 53. The van der Waals surface area contributed by atoms with Crippen molar-refractivity contribution in [1.82, 2.24) is 0 Å². The highest BCUT2D eigenvalue weighted by Crippen LogP contribution is 2.42. The van der Waals surface area contributed by atoms with E-state index < -0.39 is 206 Å². The standard InChI is InChI=1S/C38H64O48S7/c1-12-13(10-62-92(48,49)50)64-35(27(57-5)16(12)54-2)69-21-19(55-3)28(58-6)37(71-25(21)32(39)40)68-18-15(11-63-93(51,52)53)66-38(31(76-91-86-81-47)24(18)74-89-84-79-45)70-22-20(56-4)29(59-7)36(72-26(22)33(41)42)67-17-14(9-61-87-82-77-43)65-34(60-8)30(75-90-85-80-46)23(17)73-88-83-78-44/h12-31,34-38,43-47H,9-11H2,1-8H3,(H,39,40)(H,41,42)(H,48,49,50)(H,51,52,53)/p-9/t12-,13?,14?,15+,16+,17-,18-,19+,20?,21+,22+,23+,24?,25?,26-,27?,28?,29?,30?,31?,34+,35+,36+,37-,38-/m1/s1. The SMILES string of the molecule is COC1C(OC)[C@H](O[C@H]2O[C@@H](COS(=O)(=O)[O-])[C@@H](O[C@@H]3OC(C(=O)[O-])[C@@H](O[C@@H]4OC(COS(=O)(=O)[O-])[C@@H](C)[C@H](OC)C4OC)[C@H](OC)C3OC)C(OSOO[O-])C2OSOO[O-])[C@H](C(=O)[O-])O[C@@H]1O[C@@H]1C(COSOO[O-])O[C@H](OC)C(OSOO[O-])[C@H]1OSOO[O-]. The van der Waals surface area contributed by atoms with Crippen LogP contribution >= 0.6 is 61.6 Å². The quantitative estimate of drug-likeness (QED) is 0.0136. The van der Waals surface area contributed by atoms with Crippen LogP contribution < -0.4 is 36.5 Å². The summed E-state index contributed by atoms with van der Waals surface area (Å²) in [6, 6.07) is 0. The second-order valence-electron chi connectivity index (χ2n) is 18.3. The minimum absolute atomic E-state index is 0.0475. The number of carboxylic acids is 2. The topological polar surface area (TPSA) is 615 Å². The molecule has 546 valence electrons. The Morgan fingerprint density at radius 3 is 1.05 bits per heavy atom. The number of methoxy groups -OCH3 is 7. The van der Waals surface area contributed by atoms with Gasteiger partial charge in [-0.25, -0.2) is 16.8 Å². The molecule has 0 saturated carbocycles. The van der Waals surface area contributed by atoms with Crippen molar-refractivity contribution in [3.8, 4) is 0 Å². The lowest BCUT2D eigenvalue weighted by Crippen LogP contribution is -2.70. The summed E-state index contributed by atoms with van der Waals surface area (Å²) >= 11 is -1.08. The van der Waals surface area contributed by atoms with Gasteiger partial charge in [-0.2, -0.15) is 0 Å². The van der Waals surface area contributed by atoms with E-state index >= 15 is 0 Å². The fourth-order valence-electron chi connectivity index (χ4n) is 9.90. The molecule has 93 heavy (non-hydrogen) atoms. The van der Waals surface area contributed by atoms with Crippen LogP contribution in [0, 0.1) is 5.92 Å². The summed E-state index contributed by atoms with van der Waals surface area (Å²) in [6.07, 6.45) is -46.2. The van der Waals surface area contributed by atoms with Gasteiger partial charge in [0.05, 0.1) is 44.0 Å². The molecular weight excluding hydrogens is 1450 g/mol. The molecule has 0 spiro atoms.